The molecule has 1 unspecified atom stereocenters. The summed E-state index contributed by atoms with van der Waals surface area (Å²) in [6.45, 7) is 7.46. The lowest BCUT2D eigenvalue weighted by atomic mass is 9.92. The predicted octanol–water partition coefficient (Wildman–Crippen LogP) is 7.99. The van der Waals surface area contributed by atoms with Crippen LogP contribution in [0, 0.1) is 17.6 Å². The Morgan fingerprint density at radius 2 is 1.89 bits per heavy atom. The molecule has 3 atom stereocenters. The van der Waals surface area contributed by atoms with E-state index in [1.54, 1.807) is 18.3 Å². The van der Waals surface area contributed by atoms with Gasteiger partial charge in [-0.15, -0.1) is 0 Å². The molecule has 242 valence electrons. The number of hydrogen-bond donors (Lipinski definition) is 1. The minimum Gasteiger partial charge on any atom is -0.508 e. The largest absolute Gasteiger partial charge is 0.508 e. The van der Waals surface area contributed by atoms with Crippen LogP contribution in [0.3, 0.4) is 0 Å². The highest BCUT2D eigenvalue weighted by molar-refractivity contribution is 6.01. The fourth-order valence-electron chi connectivity index (χ4n) is 8.59. The third-order valence-electron chi connectivity index (χ3n) is 10.6. The quantitative estimate of drug-likeness (QED) is 0.194. The first-order valence-electron chi connectivity index (χ1n) is 16.9. The summed E-state index contributed by atoms with van der Waals surface area (Å²) in [6.07, 6.45) is 7.16. The summed E-state index contributed by atoms with van der Waals surface area (Å²) >= 11 is 0. The van der Waals surface area contributed by atoms with Crippen LogP contribution in [-0.4, -0.2) is 56.7 Å². The number of phenols is 1. The number of aryl methyl sites for hydroxylation is 1. The maximum Gasteiger partial charge on any atom is 0.319 e. The molecule has 0 aliphatic carbocycles. The maximum atomic E-state index is 17.0. The van der Waals surface area contributed by atoms with E-state index in [2.05, 4.69) is 33.8 Å². The van der Waals surface area contributed by atoms with Gasteiger partial charge in [0.15, 0.2) is 5.82 Å². The third kappa shape index (κ3) is 5.06. The van der Waals surface area contributed by atoms with Crippen molar-refractivity contribution in [2.45, 2.75) is 64.0 Å². The Kier molecular flexibility index (Phi) is 7.47. The molecule has 0 amide bonds. The van der Waals surface area contributed by atoms with Crippen LogP contribution in [0.15, 0.2) is 60.8 Å². The fraction of sp³-hybridized carbons (Fsp3) is 0.395. The number of halogens is 2. The number of hydrogen-bond acceptors (Lipinski definition) is 7. The van der Waals surface area contributed by atoms with Crippen molar-refractivity contribution in [1.82, 2.24) is 19.9 Å². The van der Waals surface area contributed by atoms with Crippen molar-refractivity contribution < 1.29 is 18.6 Å². The summed E-state index contributed by atoms with van der Waals surface area (Å²) in [5.41, 5.74) is 1.98. The van der Waals surface area contributed by atoms with Gasteiger partial charge in [-0.1, -0.05) is 50.2 Å². The lowest BCUT2D eigenvalue weighted by Crippen LogP contribution is -2.43. The molecule has 7 nitrogen and oxygen atoms in total. The molecule has 0 saturated carbocycles. The average Bonchev–Trinajstić information content (AvgIpc) is 3.79. The first-order valence-corrected chi connectivity index (χ1v) is 16.9. The molecule has 3 aromatic carbocycles. The molecular weight excluding hydrogens is 596 g/mol. The summed E-state index contributed by atoms with van der Waals surface area (Å²) in [6, 6.07) is 16.5. The number of rotatable bonds is 7. The van der Waals surface area contributed by atoms with Crippen LogP contribution in [-0.2, 0) is 6.42 Å². The van der Waals surface area contributed by atoms with E-state index in [9.17, 15) is 5.11 Å². The van der Waals surface area contributed by atoms with Crippen LogP contribution >= 0.6 is 0 Å². The predicted molar refractivity (Wildman–Crippen MR) is 180 cm³/mol. The zero-order valence-corrected chi connectivity index (χ0v) is 26.8. The van der Waals surface area contributed by atoms with E-state index in [0.29, 0.717) is 52.0 Å². The van der Waals surface area contributed by atoms with E-state index in [1.807, 2.05) is 25.1 Å². The third-order valence-corrected chi connectivity index (χ3v) is 10.6. The van der Waals surface area contributed by atoms with E-state index >= 15 is 8.78 Å². The van der Waals surface area contributed by atoms with E-state index in [0.717, 1.165) is 51.7 Å². The molecule has 5 aromatic rings. The number of ether oxygens (including phenoxy) is 1. The summed E-state index contributed by atoms with van der Waals surface area (Å²) < 4.78 is 38.5. The van der Waals surface area contributed by atoms with Gasteiger partial charge in [-0.2, -0.15) is 9.97 Å². The molecule has 0 bridgehead atoms. The molecule has 5 heterocycles. The lowest BCUT2D eigenvalue weighted by molar-refractivity contribution is 0.107. The van der Waals surface area contributed by atoms with Crippen LogP contribution in [0.4, 0.5) is 14.6 Å². The molecule has 3 aliphatic rings. The first kappa shape index (κ1) is 30.0. The smallest absolute Gasteiger partial charge is 0.319 e. The highest BCUT2D eigenvalue weighted by atomic mass is 19.1. The number of phenolic OH excluding ortho intramolecular Hbond substituents is 1. The maximum absolute atomic E-state index is 17.0. The second-order valence-electron chi connectivity index (χ2n) is 13.6. The van der Waals surface area contributed by atoms with Crippen LogP contribution in [0.1, 0.15) is 63.1 Å². The summed E-state index contributed by atoms with van der Waals surface area (Å²) in [5, 5.41) is 12.3. The first-order chi connectivity index (χ1) is 22.8. The second-order valence-corrected chi connectivity index (χ2v) is 13.6. The van der Waals surface area contributed by atoms with Gasteiger partial charge in [0.2, 0.25) is 0 Å². The number of aromatic nitrogens is 3. The number of benzene rings is 3. The number of aromatic hydroxyl groups is 1. The van der Waals surface area contributed by atoms with Crippen molar-refractivity contribution in [3.05, 3.63) is 83.6 Å². The van der Waals surface area contributed by atoms with E-state index in [4.69, 9.17) is 14.7 Å². The van der Waals surface area contributed by atoms with Gasteiger partial charge in [-0.3, -0.25) is 9.88 Å². The number of fused-ring (bicyclic) bond motifs is 3. The normalized spacial score (nSPS) is 22.9. The molecule has 0 spiro atoms. The van der Waals surface area contributed by atoms with Crippen molar-refractivity contribution in [2.75, 3.05) is 31.1 Å². The fourth-order valence-corrected chi connectivity index (χ4v) is 8.59. The van der Waals surface area contributed by atoms with Crippen LogP contribution in [0.5, 0.6) is 11.8 Å². The Morgan fingerprint density at radius 1 is 1.04 bits per heavy atom. The highest BCUT2D eigenvalue weighted by Gasteiger charge is 2.48. The second kappa shape index (κ2) is 11.7. The molecule has 2 aromatic heterocycles. The zero-order chi connectivity index (χ0) is 32.3. The van der Waals surface area contributed by atoms with Gasteiger partial charge in [0.25, 0.3) is 0 Å². The molecule has 8 rings (SSSR count). The SMILES string of the molecule is CCc1c(F)ccc2cc(O)cc(-c3ncc4c(N5CCCC5c5ccccc5)nc(OC[C@@]56CCCN5C[C@H](C)C6)nc4c3F)c12. The Balaban J connectivity index is 1.29. The molecule has 3 aliphatic heterocycles. The Hall–Kier alpha value is -4.37. The molecule has 47 heavy (non-hydrogen) atoms. The van der Waals surface area contributed by atoms with Crippen LogP contribution in [0.25, 0.3) is 32.9 Å². The molecule has 9 heteroatoms. The van der Waals surface area contributed by atoms with Gasteiger partial charge in [0, 0.05) is 24.8 Å². The van der Waals surface area contributed by atoms with Crippen molar-refractivity contribution in [2.24, 2.45) is 5.92 Å². The summed E-state index contributed by atoms with van der Waals surface area (Å²) in [7, 11) is 0. The van der Waals surface area contributed by atoms with Gasteiger partial charge < -0.3 is 14.7 Å². The van der Waals surface area contributed by atoms with Gasteiger partial charge >= 0.3 is 6.01 Å². The molecular formula is C38H39F2N5O2. The van der Waals surface area contributed by atoms with E-state index < -0.39 is 5.82 Å². The van der Waals surface area contributed by atoms with E-state index in [1.165, 1.54) is 17.7 Å². The van der Waals surface area contributed by atoms with Crippen molar-refractivity contribution in [3.63, 3.8) is 0 Å². The average molecular weight is 636 g/mol. The number of nitrogens with zero attached hydrogens (tertiary/aromatic N) is 5. The van der Waals surface area contributed by atoms with Crippen molar-refractivity contribution in [3.8, 4) is 23.0 Å². The minimum absolute atomic E-state index is 0.000473. The molecule has 1 N–H and O–H groups in total. The zero-order valence-electron chi connectivity index (χ0n) is 26.8. The molecule has 3 saturated heterocycles. The van der Waals surface area contributed by atoms with Crippen molar-refractivity contribution >= 4 is 27.5 Å². The summed E-state index contributed by atoms with van der Waals surface area (Å²) in [4.78, 5) is 19.1. The number of anilines is 1. The van der Waals surface area contributed by atoms with Crippen molar-refractivity contribution in [1.29, 1.82) is 0 Å². The van der Waals surface area contributed by atoms with E-state index in [-0.39, 0.29) is 40.4 Å². The number of pyridine rings is 1. The van der Waals surface area contributed by atoms with Gasteiger partial charge in [-0.25, -0.2) is 8.78 Å². The Morgan fingerprint density at radius 3 is 2.72 bits per heavy atom. The lowest BCUT2D eigenvalue weighted by Gasteiger charge is -2.31. The van der Waals surface area contributed by atoms with Gasteiger partial charge in [0.05, 0.1) is 17.0 Å². The highest BCUT2D eigenvalue weighted by Crippen LogP contribution is 2.44. The standard InChI is InChI=1S/C38H39F2N5O2/c1-3-27-30(39)13-12-25-17-26(46)18-28(32(25)27)34-33(40)35-29(20-41-34)36(45-16-7-11-31(45)24-9-5-4-6-10-24)43-37(42-35)47-22-38-14-8-15-44(38)21-23(2)19-38/h4-6,9-10,12-13,17-18,20,23,31,46H,3,7-8,11,14-16,19,21-22H2,1-2H3/t23-,31?,38+/m1/s1. The Labute approximate surface area is 273 Å². The molecule has 3 fully saturated rings. The monoisotopic (exact) mass is 635 g/mol. The van der Waals surface area contributed by atoms with Gasteiger partial charge in [-0.05, 0) is 91.1 Å². The van der Waals surface area contributed by atoms with Crippen LogP contribution in [0.2, 0.25) is 0 Å². The van der Waals surface area contributed by atoms with Gasteiger partial charge in [0.1, 0.15) is 35.2 Å². The van der Waals surface area contributed by atoms with Crippen LogP contribution < -0.4 is 9.64 Å². The summed E-state index contributed by atoms with van der Waals surface area (Å²) in [5.74, 6) is 0.0970. The topological polar surface area (TPSA) is 74.6 Å². The molecule has 0 radical (unpaired) electrons. The Bertz CT molecular complexity index is 1990. The minimum atomic E-state index is -0.653.